The minimum Gasteiger partial charge on any atom is -0.501 e. The van der Waals surface area contributed by atoms with Crippen molar-refractivity contribution in [2.75, 3.05) is 46.4 Å². The average Bonchev–Trinajstić information content (AvgIpc) is 3.23. The highest BCUT2D eigenvalue weighted by Crippen LogP contribution is 2.43. The molecule has 220 valence electrons. The molecule has 1 aromatic heterocycles. The highest BCUT2D eigenvalue weighted by molar-refractivity contribution is 6.35. The van der Waals surface area contributed by atoms with Crippen LogP contribution >= 0.6 is 0 Å². The van der Waals surface area contributed by atoms with Crippen LogP contribution in [-0.2, 0) is 33.0 Å². The third-order valence-electron chi connectivity index (χ3n) is 8.37. The summed E-state index contributed by atoms with van der Waals surface area (Å²) < 4.78 is 19.7. The quantitative estimate of drug-likeness (QED) is 0.404. The first-order chi connectivity index (χ1) is 19.7. The minimum absolute atomic E-state index is 0.0236. The van der Waals surface area contributed by atoms with E-state index in [0.717, 1.165) is 6.54 Å². The Kier molecular flexibility index (Phi) is 8.36. The lowest BCUT2D eigenvalue weighted by atomic mass is 9.77. The van der Waals surface area contributed by atoms with Gasteiger partial charge in [-0.15, -0.1) is 0 Å². The van der Waals surface area contributed by atoms with E-state index in [1.807, 2.05) is 0 Å². The Morgan fingerprint density at radius 1 is 1.12 bits per heavy atom. The molecule has 0 atom stereocenters. The third kappa shape index (κ3) is 5.96. The number of aromatic nitrogens is 2. The molecule has 0 radical (unpaired) electrons. The second-order valence-corrected chi connectivity index (χ2v) is 11.0. The lowest BCUT2D eigenvalue weighted by Gasteiger charge is -2.38. The van der Waals surface area contributed by atoms with Crippen molar-refractivity contribution in [3.8, 4) is 5.75 Å². The molecule has 2 bridgehead atoms. The van der Waals surface area contributed by atoms with E-state index in [2.05, 4.69) is 20.5 Å². The Labute approximate surface area is 236 Å². The van der Waals surface area contributed by atoms with Gasteiger partial charge in [0.05, 0.1) is 12.1 Å². The van der Waals surface area contributed by atoms with Crippen molar-refractivity contribution in [2.45, 2.75) is 44.3 Å². The summed E-state index contributed by atoms with van der Waals surface area (Å²) in [6.07, 6.45) is 2.25. The zero-order valence-corrected chi connectivity index (χ0v) is 23.0. The van der Waals surface area contributed by atoms with Gasteiger partial charge in [0.25, 0.3) is 11.5 Å². The van der Waals surface area contributed by atoms with Gasteiger partial charge in [0.1, 0.15) is 11.6 Å². The van der Waals surface area contributed by atoms with Gasteiger partial charge in [0.2, 0.25) is 5.75 Å². The van der Waals surface area contributed by atoms with Crippen LogP contribution in [0.4, 0.5) is 4.39 Å². The summed E-state index contributed by atoms with van der Waals surface area (Å²) in [5.41, 5.74) is -1.75. The Balaban J connectivity index is 1.37. The summed E-state index contributed by atoms with van der Waals surface area (Å²) in [7, 11) is 1.64. The van der Waals surface area contributed by atoms with Crippen LogP contribution in [0.3, 0.4) is 0 Å². The largest absolute Gasteiger partial charge is 0.501 e. The second kappa shape index (κ2) is 12.0. The Morgan fingerprint density at radius 2 is 1.80 bits per heavy atom. The van der Waals surface area contributed by atoms with Crippen molar-refractivity contribution >= 4 is 17.7 Å². The van der Waals surface area contributed by atoms with Crippen LogP contribution in [0, 0.1) is 11.7 Å². The van der Waals surface area contributed by atoms with Gasteiger partial charge < -0.3 is 25.4 Å². The molecule has 3 aliphatic heterocycles. The molecule has 2 aromatic rings. The number of carbonyl (C=O) groups excluding carboxylic acids is 3. The molecule has 4 heterocycles. The number of piperazine rings is 1. The van der Waals surface area contributed by atoms with Crippen molar-refractivity contribution in [1.29, 1.82) is 0 Å². The number of hydrogen-bond donors (Lipinski definition) is 3. The van der Waals surface area contributed by atoms with E-state index in [0.29, 0.717) is 70.6 Å². The number of methoxy groups -OCH3 is 1. The molecule has 3 N–H and O–H groups in total. The zero-order valence-electron chi connectivity index (χ0n) is 23.0. The van der Waals surface area contributed by atoms with Gasteiger partial charge in [0.15, 0.2) is 5.69 Å². The first kappa shape index (κ1) is 28.7. The van der Waals surface area contributed by atoms with Crippen LogP contribution in [0.2, 0.25) is 0 Å². The molecule has 0 spiro atoms. The zero-order chi connectivity index (χ0) is 29.1. The molecular weight excluding hydrogens is 535 g/mol. The van der Waals surface area contributed by atoms with E-state index in [9.17, 15) is 28.7 Å². The fourth-order valence-corrected chi connectivity index (χ4v) is 5.93. The van der Waals surface area contributed by atoms with Gasteiger partial charge in [-0.2, -0.15) is 0 Å². The van der Waals surface area contributed by atoms with Crippen LogP contribution in [0.5, 0.6) is 5.75 Å². The number of nitrogens with zero attached hydrogens (tertiary/aromatic N) is 4. The number of hydrogen-bond acceptors (Lipinski definition) is 8. The predicted molar refractivity (Wildman–Crippen MR) is 144 cm³/mol. The highest BCUT2D eigenvalue weighted by atomic mass is 19.1. The van der Waals surface area contributed by atoms with Crippen molar-refractivity contribution in [2.24, 2.45) is 5.92 Å². The maximum Gasteiger partial charge on any atom is 0.311 e. The molecule has 41 heavy (non-hydrogen) atoms. The number of amides is 3. The van der Waals surface area contributed by atoms with Crippen molar-refractivity contribution in [3.63, 3.8) is 0 Å². The molecule has 6 rings (SSSR count). The topological polar surface area (TPSA) is 146 Å². The smallest absolute Gasteiger partial charge is 0.311 e. The third-order valence-corrected chi connectivity index (χ3v) is 8.37. The van der Waals surface area contributed by atoms with Crippen LogP contribution in [0.1, 0.15) is 47.6 Å². The fourth-order valence-electron chi connectivity index (χ4n) is 5.93. The maximum atomic E-state index is 13.3. The number of fused-ring (bicyclic) bond motifs is 2. The van der Waals surface area contributed by atoms with Gasteiger partial charge in [-0.25, -0.2) is 9.37 Å². The molecule has 0 unspecified atom stereocenters. The summed E-state index contributed by atoms with van der Waals surface area (Å²) in [4.78, 5) is 60.9. The van der Waals surface area contributed by atoms with Gasteiger partial charge in [-0.1, -0.05) is 12.1 Å². The molecule has 1 aromatic carbocycles. The SMILES string of the molecule is COCCN1CCN(C(=O)C(=O)NC23CCC(CC2)Cn2c3nc(C(=O)NCc3ccc(F)cc3)c(O)c2=O)CC1. The van der Waals surface area contributed by atoms with Crippen LogP contribution < -0.4 is 16.2 Å². The first-order valence-corrected chi connectivity index (χ1v) is 13.9. The van der Waals surface area contributed by atoms with Gasteiger partial charge in [-0.3, -0.25) is 28.6 Å². The molecule has 1 aliphatic carbocycles. The number of rotatable bonds is 7. The van der Waals surface area contributed by atoms with Crippen LogP contribution in [0.25, 0.3) is 0 Å². The van der Waals surface area contributed by atoms with Crippen LogP contribution in [0.15, 0.2) is 29.1 Å². The normalized spacial score (nSPS) is 22.1. The Bertz CT molecular complexity index is 1360. The van der Waals surface area contributed by atoms with Crippen LogP contribution in [-0.4, -0.2) is 88.6 Å². The molecule has 1 saturated heterocycles. The highest BCUT2D eigenvalue weighted by Gasteiger charge is 2.47. The molecule has 3 amide bonds. The molecule has 1 saturated carbocycles. The number of halogens is 1. The van der Waals surface area contributed by atoms with E-state index in [1.54, 1.807) is 7.11 Å². The summed E-state index contributed by atoms with van der Waals surface area (Å²) in [6.45, 7) is 3.73. The van der Waals surface area contributed by atoms with Crippen molar-refractivity contribution in [1.82, 2.24) is 30.0 Å². The summed E-state index contributed by atoms with van der Waals surface area (Å²) in [5, 5.41) is 16.2. The second-order valence-electron chi connectivity index (χ2n) is 11.0. The Morgan fingerprint density at radius 3 is 2.46 bits per heavy atom. The average molecular weight is 571 g/mol. The molecule has 4 aliphatic rings. The van der Waals surface area contributed by atoms with Gasteiger partial charge in [-0.05, 0) is 49.3 Å². The van der Waals surface area contributed by atoms with E-state index in [1.165, 1.54) is 33.7 Å². The van der Waals surface area contributed by atoms with Gasteiger partial charge in [0, 0.05) is 52.9 Å². The number of carbonyl (C=O) groups is 3. The first-order valence-electron chi connectivity index (χ1n) is 13.9. The van der Waals surface area contributed by atoms with Gasteiger partial charge >= 0.3 is 11.8 Å². The number of aromatic hydroxyl groups is 1. The molecule has 13 heteroatoms. The monoisotopic (exact) mass is 570 g/mol. The number of ether oxygens (including phenoxy) is 1. The fraction of sp³-hybridized carbons (Fsp3) is 0.536. The Hall–Kier alpha value is -3.84. The van der Waals surface area contributed by atoms with E-state index in [-0.39, 0.29) is 18.3 Å². The summed E-state index contributed by atoms with van der Waals surface area (Å²) in [6, 6.07) is 5.54. The standard InChI is InChI=1S/C28H35FN6O6/c1-41-15-14-33-10-12-34(13-11-33)26(40)24(38)32-28-8-6-19(7-9-28)17-35-25(39)22(36)21(31-27(28)35)23(37)30-16-18-2-4-20(29)5-3-18/h2-5,19,36H,6-17H2,1H3,(H,30,37)(H,32,38). The summed E-state index contributed by atoms with van der Waals surface area (Å²) in [5.74, 6) is -3.12. The lowest BCUT2D eigenvalue weighted by molar-refractivity contribution is -0.148. The molecule has 12 nitrogen and oxygen atoms in total. The summed E-state index contributed by atoms with van der Waals surface area (Å²) >= 11 is 0. The van der Waals surface area contributed by atoms with E-state index < -0.39 is 46.1 Å². The minimum atomic E-state index is -1.14. The lowest BCUT2D eigenvalue weighted by Crippen LogP contribution is -2.57. The predicted octanol–water partition coefficient (Wildman–Crippen LogP) is 0.324. The number of nitrogens with one attached hydrogen (secondary N) is 2. The van der Waals surface area contributed by atoms with Crippen molar-refractivity contribution in [3.05, 3.63) is 57.5 Å². The van der Waals surface area contributed by atoms with E-state index >= 15 is 0 Å². The maximum absolute atomic E-state index is 13.3. The number of benzene rings is 1. The van der Waals surface area contributed by atoms with Crippen molar-refractivity contribution < 1.29 is 28.6 Å². The molecular formula is C28H35FN6O6. The van der Waals surface area contributed by atoms with E-state index in [4.69, 9.17) is 4.74 Å². The molecule has 2 fully saturated rings.